The molecule has 0 saturated carbocycles. The first-order valence-electron chi connectivity index (χ1n) is 11.6. The van der Waals surface area contributed by atoms with Crippen molar-refractivity contribution in [3.63, 3.8) is 0 Å². The molecule has 4 rings (SSSR count). The number of oxime groups is 1. The van der Waals surface area contributed by atoms with E-state index in [0.717, 1.165) is 16.9 Å². The summed E-state index contributed by atoms with van der Waals surface area (Å²) in [7, 11) is 0. The molecule has 39 heavy (non-hydrogen) atoms. The van der Waals surface area contributed by atoms with Crippen LogP contribution < -0.4 is 11.1 Å². The van der Waals surface area contributed by atoms with Gasteiger partial charge in [0.25, 0.3) is 11.8 Å². The molecule has 204 valence electrons. The number of esters is 2. The van der Waals surface area contributed by atoms with E-state index < -0.39 is 47.2 Å². The third-order valence-electron chi connectivity index (χ3n) is 5.58. The lowest BCUT2D eigenvalue weighted by Gasteiger charge is -2.49. The zero-order valence-electron chi connectivity index (χ0n) is 20.8. The quantitative estimate of drug-likeness (QED) is 0.0987. The van der Waals surface area contributed by atoms with Crippen molar-refractivity contribution in [2.24, 2.45) is 5.16 Å². The highest BCUT2D eigenvalue weighted by molar-refractivity contribution is 8.00. The second-order valence-corrected chi connectivity index (χ2v) is 10.2. The minimum Gasteiger partial charge on any atom is -0.425 e. The molecule has 2 aliphatic heterocycles. The number of nitrogens with two attached hydrogens (primary N) is 1. The number of hydrogen-bond acceptors (Lipinski definition) is 13. The van der Waals surface area contributed by atoms with Crippen LogP contribution >= 0.6 is 23.1 Å². The van der Waals surface area contributed by atoms with Crippen LogP contribution in [0.15, 0.2) is 52.4 Å². The van der Waals surface area contributed by atoms with Gasteiger partial charge >= 0.3 is 11.9 Å². The Morgan fingerprint density at radius 2 is 2.15 bits per heavy atom. The average Bonchev–Trinajstić information content (AvgIpc) is 3.36. The topological polar surface area (TPSA) is 186 Å². The van der Waals surface area contributed by atoms with Gasteiger partial charge in [0.05, 0.1) is 0 Å². The summed E-state index contributed by atoms with van der Waals surface area (Å²) in [6, 6.07) is 2.57. The van der Waals surface area contributed by atoms with Crippen molar-refractivity contribution in [3.8, 4) is 0 Å². The van der Waals surface area contributed by atoms with Gasteiger partial charge in [-0.2, -0.15) is 0 Å². The Morgan fingerprint density at radius 1 is 1.36 bits per heavy atom. The number of thiazole rings is 1. The van der Waals surface area contributed by atoms with E-state index in [1.165, 1.54) is 29.0 Å². The molecule has 1 fully saturated rings. The van der Waals surface area contributed by atoms with Crippen molar-refractivity contribution < 1.29 is 33.9 Å². The first-order chi connectivity index (χ1) is 18.7. The predicted molar refractivity (Wildman–Crippen MR) is 142 cm³/mol. The van der Waals surface area contributed by atoms with Gasteiger partial charge in [-0.3, -0.25) is 24.3 Å². The van der Waals surface area contributed by atoms with Crippen molar-refractivity contribution in [1.29, 1.82) is 0 Å². The molecule has 4 heterocycles. The number of hydrogen-bond donors (Lipinski definition) is 3. The average molecular weight is 573 g/mol. The molecule has 4 N–H and O–H groups in total. The van der Waals surface area contributed by atoms with Crippen LogP contribution in [0.1, 0.15) is 31.5 Å². The third-order valence-corrected chi connectivity index (χ3v) is 7.55. The molecule has 13 nitrogen and oxygen atoms in total. The molecule has 0 radical (unpaired) electrons. The lowest BCUT2D eigenvalue weighted by Crippen LogP contribution is -2.71. The first-order valence-corrected chi connectivity index (χ1v) is 13.6. The summed E-state index contributed by atoms with van der Waals surface area (Å²) < 4.78 is 10.4. The number of fused-ring (bicyclic) bond motifs is 1. The Bertz CT molecular complexity index is 1370. The molecule has 2 aromatic rings. The minimum atomic E-state index is -1.19. The molecule has 0 spiro atoms. The molecule has 2 amide bonds. The van der Waals surface area contributed by atoms with E-state index in [9.17, 15) is 24.4 Å². The summed E-state index contributed by atoms with van der Waals surface area (Å²) in [6.07, 6.45) is 5.60. The first kappa shape index (κ1) is 27.8. The number of nitrogen functional groups attached to an aromatic ring is 1. The van der Waals surface area contributed by atoms with Crippen LogP contribution in [0.3, 0.4) is 0 Å². The lowest BCUT2D eigenvalue weighted by atomic mass is 10.0. The van der Waals surface area contributed by atoms with Crippen LogP contribution in [0.5, 0.6) is 0 Å². The number of allylic oxidation sites excluding steroid dienone is 1. The van der Waals surface area contributed by atoms with Crippen LogP contribution in [-0.4, -0.2) is 73.0 Å². The van der Waals surface area contributed by atoms with Crippen molar-refractivity contribution in [1.82, 2.24) is 20.2 Å². The second kappa shape index (κ2) is 12.1. The number of nitrogens with zero attached hydrogens (tertiary/aromatic N) is 4. The van der Waals surface area contributed by atoms with E-state index in [0.29, 0.717) is 11.3 Å². The summed E-state index contributed by atoms with van der Waals surface area (Å²) in [5.74, 6) is -2.53. The number of carbonyl (C=O) groups is 4. The van der Waals surface area contributed by atoms with Crippen molar-refractivity contribution in [3.05, 3.63) is 58.5 Å². The van der Waals surface area contributed by atoms with Crippen LogP contribution in [0, 0.1) is 0 Å². The summed E-state index contributed by atoms with van der Waals surface area (Å²) in [5.41, 5.74) is 6.48. The van der Waals surface area contributed by atoms with Gasteiger partial charge in [0, 0.05) is 36.9 Å². The van der Waals surface area contributed by atoms with Crippen LogP contribution in [0.25, 0.3) is 6.08 Å². The zero-order valence-corrected chi connectivity index (χ0v) is 22.4. The van der Waals surface area contributed by atoms with E-state index in [1.54, 1.807) is 37.5 Å². The molecule has 1 unspecified atom stereocenters. The van der Waals surface area contributed by atoms with Gasteiger partial charge in [-0.1, -0.05) is 30.3 Å². The highest BCUT2D eigenvalue weighted by Gasteiger charge is 2.54. The number of carbonyl (C=O) groups excluding carboxylic acids is 4. The molecule has 3 atom stereocenters. The van der Waals surface area contributed by atoms with Gasteiger partial charge in [-0.05, 0) is 17.2 Å². The fraction of sp³-hybridized carbons (Fsp3) is 0.292. The number of nitrogens with one attached hydrogen (secondary N) is 1. The summed E-state index contributed by atoms with van der Waals surface area (Å²) in [4.78, 5) is 60.1. The summed E-state index contributed by atoms with van der Waals surface area (Å²) in [5, 5.41) is 15.9. The van der Waals surface area contributed by atoms with Gasteiger partial charge in [0.2, 0.25) is 6.29 Å². The highest BCUT2D eigenvalue weighted by atomic mass is 32.2. The highest BCUT2D eigenvalue weighted by Crippen LogP contribution is 2.41. The number of rotatable bonds is 9. The normalized spacial score (nSPS) is 19.8. The predicted octanol–water partition coefficient (Wildman–Crippen LogP) is 1.51. The lowest BCUT2D eigenvalue weighted by molar-refractivity contribution is -0.184. The van der Waals surface area contributed by atoms with Gasteiger partial charge in [0.1, 0.15) is 22.8 Å². The van der Waals surface area contributed by atoms with Crippen LogP contribution in [0.4, 0.5) is 5.13 Å². The molecule has 2 aromatic heterocycles. The number of β-lactam (4-membered cyclic amide) rings is 1. The number of anilines is 1. The van der Waals surface area contributed by atoms with E-state index in [1.807, 2.05) is 6.07 Å². The number of pyridine rings is 1. The standard InChI is InChI=1S/C24H24N6O7S2/c1-3-16(31)36-12(2)37-23(34)19-14(7-6-13-5-4-8-26-9-13)10-38-22-18(21(33)30(19)22)28-20(32)17(29-35)15-11-39-24(25)27-15/h4-9,11-12,18,22,35H,3,10H2,1-2H3,(H2,25,27)(H,28,32)/b7-6-,29-17?/t12?,18-,22+/m1/s1. The molecule has 1 saturated heterocycles. The number of amides is 2. The molecule has 15 heteroatoms. The third kappa shape index (κ3) is 6.09. The molecule has 2 aliphatic rings. The van der Waals surface area contributed by atoms with E-state index >= 15 is 0 Å². The maximum atomic E-state index is 13.2. The number of thioether (sulfide) groups is 1. The Morgan fingerprint density at radius 3 is 2.79 bits per heavy atom. The van der Waals surface area contributed by atoms with E-state index in [2.05, 4.69) is 20.4 Å². The molecule has 0 aliphatic carbocycles. The second-order valence-electron chi connectivity index (χ2n) is 8.19. The van der Waals surface area contributed by atoms with E-state index in [4.69, 9.17) is 15.2 Å². The Labute approximate surface area is 230 Å². The Kier molecular flexibility index (Phi) is 8.61. The van der Waals surface area contributed by atoms with Crippen molar-refractivity contribution >= 4 is 63.8 Å². The van der Waals surface area contributed by atoms with Crippen LogP contribution in [0.2, 0.25) is 0 Å². The fourth-order valence-electron chi connectivity index (χ4n) is 3.75. The molecular formula is C24H24N6O7S2. The smallest absolute Gasteiger partial charge is 0.358 e. The largest absolute Gasteiger partial charge is 0.425 e. The van der Waals surface area contributed by atoms with Crippen molar-refractivity contribution in [2.45, 2.75) is 38.0 Å². The van der Waals surface area contributed by atoms with Gasteiger partial charge in [-0.25, -0.2) is 9.78 Å². The Balaban J connectivity index is 1.57. The van der Waals surface area contributed by atoms with Crippen molar-refractivity contribution in [2.75, 3.05) is 11.5 Å². The van der Waals surface area contributed by atoms with E-state index in [-0.39, 0.29) is 22.9 Å². The van der Waals surface area contributed by atoms with Gasteiger partial charge in [0.15, 0.2) is 10.8 Å². The molecular weight excluding hydrogens is 548 g/mol. The number of ether oxygens (including phenoxy) is 2. The minimum absolute atomic E-state index is 0.0305. The Hall–Kier alpha value is -4.24. The number of aromatic nitrogens is 2. The summed E-state index contributed by atoms with van der Waals surface area (Å²) >= 11 is 2.38. The SMILES string of the molecule is CCC(=O)OC(C)OC(=O)C1=C(/C=C\c2cccnc2)CS[C@H]2[C@H](NC(=O)C(=NO)c3csc(N)n3)C(=O)N12. The monoisotopic (exact) mass is 572 g/mol. The van der Waals surface area contributed by atoms with Gasteiger partial charge in [-0.15, -0.1) is 23.1 Å². The van der Waals surface area contributed by atoms with Crippen LogP contribution in [-0.2, 0) is 28.7 Å². The summed E-state index contributed by atoms with van der Waals surface area (Å²) in [6.45, 7) is 3.00. The zero-order chi connectivity index (χ0) is 28.1. The fourth-order valence-corrected chi connectivity index (χ4v) is 5.62. The maximum Gasteiger partial charge on any atom is 0.358 e. The molecule has 0 bridgehead atoms. The maximum absolute atomic E-state index is 13.2. The van der Waals surface area contributed by atoms with Gasteiger partial charge < -0.3 is 25.7 Å². The molecule has 0 aromatic carbocycles.